The Morgan fingerprint density at radius 2 is 1.95 bits per heavy atom. The highest BCUT2D eigenvalue weighted by atomic mass is 16.5. The van der Waals surface area contributed by atoms with Crippen molar-refractivity contribution in [1.82, 2.24) is 5.32 Å². The van der Waals surface area contributed by atoms with E-state index in [2.05, 4.69) is 44.3 Å². The first-order valence-electron chi connectivity index (χ1n) is 7.18. The summed E-state index contributed by atoms with van der Waals surface area (Å²) in [7, 11) is 1.71. The van der Waals surface area contributed by atoms with Crippen LogP contribution >= 0.6 is 0 Å². The van der Waals surface area contributed by atoms with Crippen LogP contribution in [0.15, 0.2) is 24.3 Å². The predicted octanol–water partition coefficient (Wildman–Crippen LogP) is 3.20. The number of hydrogen-bond acceptors (Lipinski definition) is 3. The summed E-state index contributed by atoms with van der Waals surface area (Å²) in [4.78, 5) is 0. The average Bonchev–Trinajstić information content (AvgIpc) is 2.44. The minimum atomic E-state index is 0.0511. The van der Waals surface area contributed by atoms with E-state index in [1.54, 1.807) is 7.11 Å². The van der Waals surface area contributed by atoms with Gasteiger partial charge in [0.05, 0.1) is 6.61 Å². The summed E-state index contributed by atoms with van der Waals surface area (Å²) < 4.78 is 11.4. The van der Waals surface area contributed by atoms with Gasteiger partial charge in [0.2, 0.25) is 0 Å². The molecule has 1 N–H and O–H groups in total. The minimum absolute atomic E-state index is 0.0511. The van der Waals surface area contributed by atoms with Crippen LogP contribution in [0.1, 0.15) is 38.7 Å². The quantitative estimate of drug-likeness (QED) is 0.743. The van der Waals surface area contributed by atoms with Gasteiger partial charge in [-0.25, -0.2) is 0 Å². The number of para-hydroxylation sites is 1. The van der Waals surface area contributed by atoms with Crippen LogP contribution in [0.3, 0.4) is 0 Å². The Bertz CT molecular complexity index is 354. The second-order valence-corrected chi connectivity index (χ2v) is 4.85. The SMILES string of the molecule is CCNCC(COC)Oc1ccccc1C(C)CC. The summed E-state index contributed by atoms with van der Waals surface area (Å²) in [6.07, 6.45) is 1.16. The lowest BCUT2D eigenvalue weighted by molar-refractivity contribution is 0.0801. The molecule has 0 saturated heterocycles. The summed E-state index contributed by atoms with van der Waals surface area (Å²) in [5, 5.41) is 3.31. The Balaban J connectivity index is 2.77. The summed E-state index contributed by atoms with van der Waals surface area (Å²) in [5.41, 5.74) is 1.28. The first-order chi connectivity index (χ1) is 9.22. The lowest BCUT2D eigenvalue weighted by Crippen LogP contribution is -2.35. The third-order valence-electron chi connectivity index (χ3n) is 3.33. The van der Waals surface area contributed by atoms with Gasteiger partial charge >= 0.3 is 0 Å². The molecule has 3 heteroatoms. The molecule has 2 unspecified atom stereocenters. The zero-order valence-corrected chi connectivity index (χ0v) is 12.6. The van der Waals surface area contributed by atoms with Gasteiger partial charge in [0.15, 0.2) is 0 Å². The topological polar surface area (TPSA) is 30.5 Å². The minimum Gasteiger partial charge on any atom is -0.486 e. The van der Waals surface area contributed by atoms with Gasteiger partial charge in [-0.15, -0.1) is 0 Å². The molecule has 0 heterocycles. The number of benzene rings is 1. The highest BCUT2D eigenvalue weighted by molar-refractivity contribution is 5.36. The van der Waals surface area contributed by atoms with Gasteiger partial charge in [-0.1, -0.05) is 39.0 Å². The van der Waals surface area contributed by atoms with Gasteiger partial charge in [-0.2, -0.15) is 0 Å². The average molecular weight is 265 g/mol. The third-order valence-corrected chi connectivity index (χ3v) is 3.33. The maximum absolute atomic E-state index is 6.12. The van der Waals surface area contributed by atoms with Crippen molar-refractivity contribution in [2.45, 2.75) is 39.2 Å². The van der Waals surface area contributed by atoms with Crippen LogP contribution in [0.4, 0.5) is 0 Å². The maximum atomic E-state index is 6.12. The lowest BCUT2D eigenvalue weighted by Gasteiger charge is -2.22. The second kappa shape index (κ2) is 8.94. The van der Waals surface area contributed by atoms with Crippen molar-refractivity contribution < 1.29 is 9.47 Å². The summed E-state index contributed by atoms with van der Waals surface area (Å²) >= 11 is 0. The Morgan fingerprint density at radius 3 is 2.58 bits per heavy atom. The van der Waals surface area contributed by atoms with Gasteiger partial charge in [-0.05, 0) is 30.5 Å². The van der Waals surface area contributed by atoms with Gasteiger partial charge in [0.1, 0.15) is 11.9 Å². The molecule has 1 aromatic rings. The number of methoxy groups -OCH3 is 1. The zero-order chi connectivity index (χ0) is 14.1. The number of ether oxygens (including phenoxy) is 2. The molecule has 2 atom stereocenters. The van der Waals surface area contributed by atoms with Gasteiger partial charge in [-0.3, -0.25) is 0 Å². The first-order valence-corrected chi connectivity index (χ1v) is 7.18. The van der Waals surface area contributed by atoms with E-state index >= 15 is 0 Å². The third kappa shape index (κ3) is 5.21. The second-order valence-electron chi connectivity index (χ2n) is 4.85. The van der Waals surface area contributed by atoms with E-state index in [0.717, 1.165) is 25.3 Å². The molecule has 0 bridgehead atoms. The summed E-state index contributed by atoms with van der Waals surface area (Å²) in [6, 6.07) is 8.30. The molecule has 108 valence electrons. The van der Waals surface area contributed by atoms with Crippen molar-refractivity contribution in [2.24, 2.45) is 0 Å². The van der Waals surface area contributed by atoms with Crippen molar-refractivity contribution in [3.05, 3.63) is 29.8 Å². The van der Waals surface area contributed by atoms with Crippen molar-refractivity contribution in [1.29, 1.82) is 0 Å². The van der Waals surface area contributed by atoms with E-state index in [1.165, 1.54) is 5.56 Å². The molecule has 0 fully saturated rings. The molecule has 0 spiro atoms. The molecule has 1 rings (SSSR count). The molecule has 0 saturated carbocycles. The van der Waals surface area contributed by atoms with Crippen LogP contribution in [0, 0.1) is 0 Å². The van der Waals surface area contributed by atoms with Crippen LogP contribution < -0.4 is 10.1 Å². The van der Waals surface area contributed by atoms with Crippen LogP contribution in [0.5, 0.6) is 5.75 Å². The van der Waals surface area contributed by atoms with Crippen LogP contribution in [-0.2, 0) is 4.74 Å². The molecule has 0 aliphatic carbocycles. The number of rotatable bonds is 9. The number of hydrogen-bond donors (Lipinski definition) is 1. The molecule has 19 heavy (non-hydrogen) atoms. The normalized spacial score (nSPS) is 14.1. The van der Waals surface area contributed by atoms with E-state index in [4.69, 9.17) is 9.47 Å². The molecule has 1 aromatic carbocycles. The van der Waals surface area contributed by atoms with Gasteiger partial charge < -0.3 is 14.8 Å². The van der Waals surface area contributed by atoms with Crippen molar-refractivity contribution in [2.75, 3.05) is 26.8 Å². The number of likely N-dealkylation sites (N-methyl/N-ethyl adjacent to an activating group) is 1. The lowest BCUT2D eigenvalue weighted by atomic mass is 9.98. The summed E-state index contributed by atoms with van der Waals surface area (Å²) in [6.45, 7) is 8.87. The number of nitrogens with one attached hydrogen (secondary N) is 1. The van der Waals surface area contributed by atoms with E-state index in [9.17, 15) is 0 Å². The summed E-state index contributed by atoms with van der Waals surface area (Å²) in [5.74, 6) is 1.50. The van der Waals surface area contributed by atoms with Crippen molar-refractivity contribution >= 4 is 0 Å². The fourth-order valence-electron chi connectivity index (χ4n) is 2.02. The van der Waals surface area contributed by atoms with Crippen LogP contribution in [0.25, 0.3) is 0 Å². The zero-order valence-electron chi connectivity index (χ0n) is 12.6. The molecule has 0 aliphatic rings. The van der Waals surface area contributed by atoms with Crippen molar-refractivity contribution in [3.8, 4) is 5.75 Å². The molecule has 0 aliphatic heterocycles. The highest BCUT2D eigenvalue weighted by Gasteiger charge is 2.14. The maximum Gasteiger partial charge on any atom is 0.134 e. The molecule has 0 amide bonds. The molecular weight excluding hydrogens is 238 g/mol. The fraction of sp³-hybridized carbons (Fsp3) is 0.625. The standard InChI is InChI=1S/C16H27NO2/c1-5-13(3)15-9-7-8-10-16(15)19-14(12-18-4)11-17-6-2/h7-10,13-14,17H,5-6,11-12H2,1-4H3. The van der Waals surface area contributed by atoms with E-state index in [0.29, 0.717) is 12.5 Å². The fourth-order valence-corrected chi connectivity index (χ4v) is 2.02. The van der Waals surface area contributed by atoms with Crippen LogP contribution in [-0.4, -0.2) is 32.9 Å². The predicted molar refractivity (Wildman–Crippen MR) is 80.0 cm³/mol. The Labute approximate surface area is 117 Å². The van der Waals surface area contributed by atoms with Crippen molar-refractivity contribution in [3.63, 3.8) is 0 Å². The largest absolute Gasteiger partial charge is 0.486 e. The monoisotopic (exact) mass is 265 g/mol. The van der Waals surface area contributed by atoms with E-state index in [-0.39, 0.29) is 6.10 Å². The first kappa shape index (κ1) is 16.0. The molecule has 0 aromatic heterocycles. The Hall–Kier alpha value is -1.06. The van der Waals surface area contributed by atoms with Gasteiger partial charge in [0.25, 0.3) is 0 Å². The Kier molecular flexibility index (Phi) is 7.53. The molecule has 3 nitrogen and oxygen atoms in total. The Morgan fingerprint density at radius 1 is 1.21 bits per heavy atom. The molecular formula is C16H27NO2. The smallest absolute Gasteiger partial charge is 0.134 e. The van der Waals surface area contributed by atoms with Gasteiger partial charge in [0, 0.05) is 13.7 Å². The van der Waals surface area contributed by atoms with Crippen LogP contribution in [0.2, 0.25) is 0 Å². The van der Waals surface area contributed by atoms with E-state index < -0.39 is 0 Å². The highest BCUT2D eigenvalue weighted by Crippen LogP contribution is 2.29. The molecule has 0 radical (unpaired) electrons. The van der Waals surface area contributed by atoms with E-state index in [1.807, 2.05) is 6.07 Å².